The van der Waals surface area contributed by atoms with Crippen molar-refractivity contribution in [2.45, 2.75) is 33.7 Å². The van der Waals surface area contributed by atoms with E-state index in [1.807, 2.05) is 38.1 Å². The Hall–Kier alpha value is -1.55. The first kappa shape index (κ1) is 15.5. The van der Waals surface area contributed by atoms with E-state index in [-0.39, 0.29) is 11.8 Å². The molecule has 0 radical (unpaired) electrons. The van der Waals surface area contributed by atoms with Crippen LogP contribution >= 0.6 is 0 Å². The third-order valence-corrected chi connectivity index (χ3v) is 3.28. The summed E-state index contributed by atoms with van der Waals surface area (Å²) in [5.74, 6) is 0.000497. The van der Waals surface area contributed by atoms with Gasteiger partial charge in [0.2, 0.25) is 5.91 Å². The van der Waals surface area contributed by atoms with Crippen LogP contribution in [-0.2, 0) is 4.79 Å². The van der Waals surface area contributed by atoms with Crippen LogP contribution in [0.15, 0.2) is 24.3 Å². The van der Waals surface area contributed by atoms with Gasteiger partial charge in [-0.25, -0.2) is 0 Å². The van der Waals surface area contributed by atoms with Crippen molar-refractivity contribution in [3.63, 3.8) is 0 Å². The van der Waals surface area contributed by atoms with Crippen molar-refractivity contribution in [3.8, 4) is 0 Å². The summed E-state index contributed by atoms with van der Waals surface area (Å²) in [5.41, 5.74) is 7.76. The van der Waals surface area contributed by atoms with Crippen molar-refractivity contribution < 1.29 is 4.79 Å². The number of amides is 1. The van der Waals surface area contributed by atoms with E-state index >= 15 is 0 Å². The van der Waals surface area contributed by atoms with Crippen LogP contribution < -0.4 is 16.0 Å². The monoisotopic (exact) mass is 263 g/mol. The molecule has 0 aromatic heterocycles. The lowest BCUT2D eigenvalue weighted by atomic mass is 10.0. The number of nitrogens with zero attached hydrogens (tertiary/aromatic N) is 1. The SMILES string of the molecule is CCN(CC)c1ccc(NC(=O)[C@H](N)C(C)C)cc1. The summed E-state index contributed by atoms with van der Waals surface area (Å²) >= 11 is 0. The molecule has 0 fully saturated rings. The molecule has 0 aliphatic rings. The Morgan fingerprint density at radius 2 is 1.74 bits per heavy atom. The molecule has 0 unspecified atom stereocenters. The molecule has 4 nitrogen and oxygen atoms in total. The fourth-order valence-corrected chi connectivity index (χ4v) is 1.87. The molecular formula is C15H25N3O. The van der Waals surface area contributed by atoms with Crippen molar-refractivity contribution in [2.24, 2.45) is 11.7 Å². The molecule has 19 heavy (non-hydrogen) atoms. The van der Waals surface area contributed by atoms with Gasteiger partial charge in [-0.2, -0.15) is 0 Å². The highest BCUT2D eigenvalue weighted by Crippen LogP contribution is 2.18. The van der Waals surface area contributed by atoms with Crippen LogP contribution in [0.5, 0.6) is 0 Å². The molecule has 1 amide bonds. The van der Waals surface area contributed by atoms with E-state index in [0.717, 1.165) is 24.5 Å². The molecular weight excluding hydrogens is 238 g/mol. The average molecular weight is 263 g/mol. The summed E-state index contributed by atoms with van der Waals surface area (Å²) < 4.78 is 0. The highest BCUT2D eigenvalue weighted by molar-refractivity contribution is 5.94. The molecule has 0 spiro atoms. The number of carbonyl (C=O) groups excluding carboxylic acids is 1. The van der Waals surface area contributed by atoms with Gasteiger partial charge >= 0.3 is 0 Å². The lowest BCUT2D eigenvalue weighted by molar-refractivity contribution is -0.118. The van der Waals surface area contributed by atoms with Gasteiger partial charge in [-0.1, -0.05) is 13.8 Å². The van der Waals surface area contributed by atoms with Crippen LogP contribution in [0.3, 0.4) is 0 Å². The second kappa shape index (κ2) is 7.14. The van der Waals surface area contributed by atoms with Crippen LogP contribution in [0.4, 0.5) is 11.4 Å². The molecule has 1 atom stereocenters. The van der Waals surface area contributed by atoms with Gasteiger partial charge < -0.3 is 16.0 Å². The molecule has 4 heteroatoms. The third kappa shape index (κ3) is 4.24. The van der Waals surface area contributed by atoms with Gasteiger partial charge in [-0.05, 0) is 44.0 Å². The minimum Gasteiger partial charge on any atom is -0.372 e. The lowest BCUT2D eigenvalue weighted by Crippen LogP contribution is -2.39. The van der Waals surface area contributed by atoms with E-state index in [2.05, 4.69) is 24.1 Å². The Labute approximate surface area is 116 Å². The summed E-state index contributed by atoms with van der Waals surface area (Å²) in [7, 11) is 0. The van der Waals surface area contributed by atoms with Crippen LogP contribution in [0.2, 0.25) is 0 Å². The Morgan fingerprint density at radius 1 is 1.21 bits per heavy atom. The number of hydrogen-bond acceptors (Lipinski definition) is 3. The molecule has 1 aromatic rings. The van der Waals surface area contributed by atoms with Gasteiger partial charge in [0.1, 0.15) is 0 Å². The third-order valence-electron chi connectivity index (χ3n) is 3.28. The maximum Gasteiger partial charge on any atom is 0.241 e. The quantitative estimate of drug-likeness (QED) is 0.829. The zero-order chi connectivity index (χ0) is 14.4. The van der Waals surface area contributed by atoms with Gasteiger partial charge in [-0.3, -0.25) is 4.79 Å². The second-order valence-corrected chi connectivity index (χ2v) is 4.98. The Morgan fingerprint density at radius 3 is 2.16 bits per heavy atom. The molecule has 1 aromatic carbocycles. The molecule has 0 bridgehead atoms. The van der Waals surface area contributed by atoms with Crippen LogP contribution in [0.1, 0.15) is 27.7 Å². The normalized spacial score (nSPS) is 12.3. The number of anilines is 2. The van der Waals surface area contributed by atoms with Crippen LogP contribution in [-0.4, -0.2) is 25.0 Å². The number of rotatable bonds is 6. The maximum absolute atomic E-state index is 11.8. The molecule has 0 aliphatic carbocycles. The molecule has 3 N–H and O–H groups in total. The van der Waals surface area contributed by atoms with E-state index in [9.17, 15) is 4.79 Å². The second-order valence-electron chi connectivity index (χ2n) is 4.98. The maximum atomic E-state index is 11.8. The van der Waals surface area contributed by atoms with Gasteiger partial charge in [-0.15, -0.1) is 0 Å². The number of nitrogens with one attached hydrogen (secondary N) is 1. The molecule has 1 rings (SSSR count). The number of benzene rings is 1. The van der Waals surface area contributed by atoms with Crippen LogP contribution in [0, 0.1) is 5.92 Å². The summed E-state index contributed by atoms with van der Waals surface area (Å²) in [6.45, 7) is 10.1. The van der Waals surface area contributed by atoms with Gasteiger partial charge in [0, 0.05) is 24.5 Å². The number of nitrogens with two attached hydrogens (primary N) is 1. The molecule has 0 saturated heterocycles. The average Bonchev–Trinajstić information content (AvgIpc) is 2.41. The van der Waals surface area contributed by atoms with Crippen LogP contribution in [0.25, 0.3) is 0 Å². The minimum atomic E-state index is -0.470. The van der Waals surface area contributed by atoms with Gasteiger partial charge in [0.05, 0.1) is 6.04 Å². The summed E-state index contributed by atoms with van der Waals surface area (Å²) in [4.78, 5) is 14.1. The highest BCUT2D eigenvalue weighted by Gasteiger charge is 2.17. The van der Waals surface area contributed by atoms with E-state index in [1.54, 1.807) is 0 Å². The number of hydrogen-bond donors (Lipinski definition) is 2. The lowest BCUT2D eigenvalue weighted by Gasteiger charge is -2.21. The van der Waals surface area contributed by atoms with Crippen molar-refractivity contribution in [1.82, 2.24) is 0 Å². The van der Waals surface area contributed by atoms with Gasteiger partial charge in [0.25, 0.3) is 0 Å². The van der Waals surface area contributed by atoms with E-state index in [4.69, 9.17) is 5.73 Å². The minimum absolute atomic E-state index is 0.134. The molecule has 106 valence electrons. The van der Waals surface area contributed by atoms with E-state index < -0.39 is 6.04 Å². The zero-order valence-electron chi connectivity index (χ0n) is 12.3. The molecule has 0 heterocycles. The van der Waals surface area contributed by atoms with E-state index in [1.165, 1.54) is 0 Å². The van der Waals surface area contributed by atoms with Crippen molar-refractivity contribution >= 4 is 17.3 Å². The zero-order valence-corrected chi connectivity index (χ0v) is 12.3. The first-order valence-corrected chi connectivity index (χ1v) is 6.91. The van der Waals surface area contributed by atoms with Crippen molar-refractivity contribution in [1.29, 1.82) is 0 Å². The standard InChI is InChI=1S/C15H25N3O/c1-5-18(6-2)13-9-7-12(8-10-13)17-15(19)14(16)11(3)4/h7-11,14H,5-6,16H2,1-4H3,(H,17,19)/t14-/m1/s1. The highest BCUT2D eigenvalue weighted by atomic mass is 16.2. The largest absolute Gasteiger partial charge is 0.372 e. The van der Waals surface area contributed by atoms with Crippen molar-refractivity contribution in [3.05, 3.63) is 24.3 Å². The molecule has 0 saturated carbocycles. The fraction of sp³-hybridized carbons (Fsp3) is 0.533. The first-order chi connectivity index (χ1) is 8.99. The predicted molar refractivity (Wildman–Crippen MR) is 81.4 cm³/mol. The van der Waals surface area contributed by atoms with E-state index in [0.29, 0.717) is 0 Å². The first-order valence-electron chi connectivity index (χ1n) is 6.91. The summed E-state index contributed by atoms with van der Waals surface area (Å²) in [5, 5.41) is 2.84. The summed E-state index contributed by atoms with van der Waals surface area (Å²) in [6, 6.07) is 7.40. The topological polar surface area (TPSA) is 58.4 Å². The van der Waals surface area contributed by atoms with Gasteiger partial charge in [0.15, 0.2) is 0 Å². The molecule has 0 aliphatic heterocycles. The van der Waals surface area contributed by atoms with Crippen molar-refractivity contribution in [2.75, 3.05) is 23.3 Å². The summed E-state index contributed by atoms with van der Waals surface area (Å²) in [6.07, 6.45) is 0. The Kier molecular flexibility index (Phi) is 5.83. The Balaban J connectivity index is 2.69. The smallest absolute Gasteiger partial charge is 0.241 e. The Bertz CT molecular complexity index is 396. The predicted octanol–water partition coefficient (Wildman–Crippen LogP) is 2.45. The fourth-order valence-electron chi connectivity index (χ4n) is 1.87. The number of carbonyl (C=O) groups is 1.